The van der Waals surface area contributed by atoms with E-state index in [0.717, 1.165) is 17.6 Å². The molecule has 0 aliphatic heterocycles. The van der Waals surface area contributed by atoms with E-state index in [9.17, 15) is 19.5 Å². The van der Waals surface area contributed by atoms with Crippen LogP contribution in [0, 0.1) is 34.5 Å². The largest absolute Gasteiger partial charge is 0.511 e. The summed E-state index contributed by atoms with van der Waals surface area (Å²) in [4.78, 5) is 43.3. The van der Waals surface area contributed by atoms with Crippen molar-refractivity contribution in [2.45, 2.75) is 115 Å². The smallest absolute Gasteiger partial charge is 0.173 e. The Kier molecular flexibility index (Phi) is 11.3. The molecule has 40 heavy (non-hydrogen) atoms. The number of aliphatic hydroxyl groups excluding tert-OH is 1. The second kappa shape index (κ2) is 13.4. The van der Waals surface area contributed by atoms with E-state index < -0.39 is 22.7 Å². The first kappa shape index (κ1) is 33.7. The van der Waals surface area contributed by atoms with Gasteiger partial charge in [0.2, 0.25) is 0 Å². The maximum absolute atomic E-state index is 14.7. The predicted molar refractivity (Wildman–Crippen MR) is 166 cm³/mol. The predicted octanol–water partition coefficient (Wildman–Crippen LogP) is 9.24. The van der Waals surface area contributed by atoms with Crippen LogP contribution in [0.1, 0.15) is 115 Å². The van der Waals surface area contributed by atoms with E-state index in [4.69, 9.17) is 0 Å². The summed E-state index contributed by atoms with van der Waals surface area (Å²) in [6.07, 6.45) is 11.5. The number of carbonyl (C=O) groups is 3. The van der Waals surface area contributed by atoms with Gasteiger partial charge in [-0.3, -0.25) is 14.4 Å². The summed E-state index contributed by atoms with van der Waals surface area (Å²) < 4.78 is 0. The van der Waals surface area contributed by atoms with Gasteiger partial charge in [0.15, 0.2) is 11.6 Å². The molecule has 5 atom stereocenters. The third-order valence-corrected chi connectivity index (χ3v) is 9.14. The van der Waals surface area contributed by atoms with Crippen molar-refractivity contribution >= 4 is 17.3 Å². The lowest BCUT2D eigenvalue weighted by Gasteiger charge is -2.44. The van der Waals surface area contributed by atoms with Gasteiger partial charge in [-0.25, -0.2) is 0 Å². The molecule has 0 aromatic heterocycles. The SMILES string of the molecule is CC(C)=CCC[C@@]1(C)C(C(=O)C(C)C)C2C(=O)C(CC=C(C)C)=C(O)[C@@](CC=C(C)C)(C[C@@H]1CC=C(C)C)C2=O. The molecule has 0 radical (unpaired) electrons. The molecule has 0 heterocycles. The Labute approximate surface area is 243 Å². The third-order valence-electron chi connectivity index (χ3n) is 9.14. The van der Waals surface area contributed by atoms with E-state index in [1.165, 1.54) is 11.1 Å². The van der Waals surface area contributed by atoms with Gasteiger partial charge in [0, 0.05) is 17.4 Å². The van der Waals surface area contributed by atoms with Gasteiger partial charge in [-0.1, -0.05) is 67.4 Å². The van der Waals surface area contributed by atoms with Crippen molar-refractivity contribution in [2.75, 3.05) is 0 Å². The van der Waals surface area contributed by atoms with Crippen molar-refractivity contribution in [3.8, 4) is 0 Å². The zero-order chi connectivity index (χ0) is 30.6. The lowest BCUT2D eigenvalue weighted by molar-refractivity contribution is -0.149. The van der Waals surface area contributed by atoms with E-state index in [0.29, 0.717) is 31.3 Å². The quantitative estimate of drug-likeness (QED) is 0.206. The van der Waals surface area contributed by atoms with Crippen molar-refractivity contribution in [3.63, 3.8) is 0 Å². The highest BCUT2D eigenvalue weighted by atomic mass is 16.3. The van der Waals surface area contributed by atoms with Crippen molar-refractivity contribution in [3.05, 3.63) is 57.9 Å². The molecule has 0 saturated heterocycles. The summed E-state index contributed by atoms with van der Waals surface area (Å²) in [7, 11) is 0. The van der Waals surface area contributed by atoms with E-state index in [2.05, 4.69) is 46.8 Å². The molecule has 1 fully saturated rings. The lowest BCUT2D eigenvalue weighted by atomic mass is 9.57. The van der Waals surface area contributed by atoms with Crippen molar-refractivity contribution in [1.82, 2.24) is 0 Å². The van der Waals surface area contributed by atoms with Crippen LogP contribution in [0.15, 0.2) is 57.9 Å². The van der Waals surface area contributed by atoms with Crippen molar-refractivity contribution < 1.29 is 19.5 Å². The number of hydrogen-bond donors (Lipinski definition) is 1. The molecule has 0 amide bonds. The highest BCUT2D eigenvalue weighted by Crippen LogP contribution is 2.60. The summed E-state index contributed by atoms with van der Waals surface area (Å²) in [6, 6.07) is 0. The molecule has 2 bridgehead atoms. The Morgan fingerprint density at radius 2 is 1.45 bits per heavy atom. The molecule has 4 nitrogen and oxygen atoms in total. The molecule has 2 aliphatic rings. The molecule has 4 heteroatoms. The maximum atomic E-state index is 14.7. The number of fused-ring (bicyclic) bond motifs is 2. The zero-order valence-electron chi connectivity index (χ0n) is 27.0. The standard InChI is InChI=1S/C36H54O4/c1-22(2)13-12-19-35(11)27(16-14-23(3)4)21-36(20-18-25(7)8)33(39)28(17-15-24(5)6)32(38)29(34(36)40)30(35)31(37)26(9)10/h13-15,18,26-27,29-30,39H,12,16-17,19-21H2,1-11H3/t27-,29?,30?,35+,36+/m0/s1. The number of aliphatic hydroxyl groups is 1. The minimum absolute atomic E-state index is 0.0189. The molecule has 222 valence electrons. The fourth-order valence-corrected chi connectivity index (χ4v) is 6.69. The van der Waals surface area contributed by atoms with Crippen LogP contribution in [0.2, 0.25) is 0 Å². The van der Waals surface area contributed by atoms with Crippen LogP contribution in [0.4, 0.5) is 0 Å². The average molecular weight is 551 g/mol. The minimum atomic E-state index is -1.22. The topological polar surface area (TPSA) is 71.4 Å². The van der Waals surface area contributed by atoms with E-state index >= 15 is 0 Å². The fraction of sp³-hybridized carbons (Fsp3) is 0.639. The van der Waals surface area contributed by atoms with Gasteiger partial charge in [0.1, 0.15) is 11.5 Å². The Bertz CT molecular complexity index is 1140. The summed E-state index contributed by atoms with van der Waals surface area (Å²) in [5, 5.41) is 11.9. The molecule has 2 rings (SSSR count). The van der Waals surface area contributed by atoms with E-state index in [-0.39, 0.29) is 41.4 Å². The Balaban J connectivity index is 3.02. The van der Waals surface area contributed by atoms with Gasteiger partial charge in [-0.15, -0.1) is 0 Å². The number of Topliss-reactive ketones (excluding diaryl/α,β-unsaturated/α-hetero) is 3. The van der Waals surface area contributed by atoms with Crippen LogP contribution in [0.3, 0.4) is 0 Å². The molecule has 1 saturated carbocycles. The normalized spacial score (nSPS) is 28.1. The van der Waals surface area contributed by atoms with Gasteiger partial charge in [0.25, 0.3) is 0 Å². The van der Waals surface area contributed by atoms with Gasteiger partial charge in [-0.2, -0.15) is 0 Å². The van der Waals surface area contributed by atoms with Crippen LogP contribution in [-0.4, -0.2) is 22.5 Å². The summed E-state index contributed by atoms with van der Waals surface area (Å²) in [5.41, 5.74) is 2.96. The Morgan fingerprint density at radius 1 is 0.900 bits per heavy atom. The molecular weight excluding hydrogens is 496 g/mol. The number of rotatable bonds is 11. The van der Waals surface area contributed by atoms with Gasteiger partial charge in [-0.05, 0) is 105 Å². The molecule has 2 unspecified atom stereocenters. The van der Waals surface area contributed by atoms with Crippen molar-refractivity contribution in [2.24, 2.45) is 34.5 Å². The number of allylic oxidation sites excluding steroid dienone is 10. The molecule has 2 aliphatic carbocycles. The second-order valence-corrected chi connectivity index (χ2v) is 13.9. The van der Waals surface area contributed by atoms with Crippen molar-refractivity contribution in [1.29, 1.82) is 0 Å². The third kappa shape index (κ3) is 7.04. The van der Waals surface area contributed by atoms with Gasteiger partial charge < -0.3 is 5.11 Å². The number of hydrogen-bond acceptors (Lipinski definition) is 4. The lowest BCUT2D eigenvalue weighted by Crippen LogP contribution is -2.51. The fourth-order valence-electron chi connectivity index (χ4n) is 6.69. The first-order valence-electron chi connectivity index (χ1n) is 15.1. The monoisotopic (exact) mass is 550 g/mol. The second-order valence-electron chi connectivity index (χ2n) is 13.9. The zero-order valence-corrected chi connectivity index (χ0v) is 27.0. The van der Waals surface area contributed by atoms with E-state index in [1.54, 1.807) is 0 Å². The minimum Gasteiger partial charge on any atom is -0.511 e. The summed E-state index contributed by atoms with van der Waals surface area (Å²) in [5.74, 6) is -2.91. The molecule has 0 spiro atoms. The molecule has 1 N–H and O–H groups in total. The van der Waals surface area contributed by atoms with Crippen LogP contribution in [0.5, 0.6) is 0 Å². The maximum Gasteiger partial charge on any atom is 0.173 e. The van der Waals surface area contributed by atoms with E-state index in [1.807, 2.05) is 53.7 Å². The summed E-state index contributed by atoms with van der Waals surface area (Å²) in [6.45, 7) is 22.1. The highest BCUT2D eigenvalue weighted by Gasteiger charge is 2.64. The van der Waals surface area contributed by atoms with Crippen LogP contribution in [0.25, 0.3) is 0 Å². The first-order chi connectivity index (χ1) is 18.5. The molecular formula is C36H54O4. The van der Waals surface area contributed by atoms with Crippen LogP contribution < -0.4 is 0 Å². The van der Waals surface area contributed by atoms with Crippen LogP contribution in [-0.2, 0) is 14.4 Å². The van der Waals surface area contributed by atoms with Gasteiger partial charge in [0.05, 0.1) is 11.3 Å². The van der Waals surface area contributed by atoms with Gasteiger partial charge >= 0.3 is 0 Å². The number of ketones is 3. The summed E-state index contributed by atoms with van der Waals surface area (Å²) >= 11 is 0. The molecule has 0 aromatic rings. The number of carbonyl (C=O) groups excluding carboxylic acids is 3. The Morgan fingerprint density at radius 3 is 1.95 bits per heavy atom. The average Bonchev–Trinajstić information content (AvgIpc) is 2.90. The highest BCUT2D eigenvalue weighted by molar-refractivity contribution is 6.18. The van der Waals surface area contributed by atoms with Crippen LogP contribution >= 0.6 is 0 Å². The molecule has 0 aromatic carbocycles. The Hall–Kier alpha value is -2.49. The first-order valence-corrected chi connectivity index (χ1v) is 15.1.